The van der Waals surface area contributed by atoms with Gasteiger partial charge in [0.1, 0.15) is 11.4 Å². The normalized spacial score (nSPS) is 11.2. The average molecular weight is 294 g/mol. The van der Waals surface area contributed by atoms with Crippen LogP contribution in [0.25, 0.3) is 11.5 Å². The minimum atomic E-state index is -0.579. The third kappa shape index (κ3) is 3.89. The van der Waals surface area contributed by atoms with Crippen LogP contribution < -0.4 is 5.32 Å². The van der Waals surface area contributed by atoms with Crippen LogP contribution in [-0.4, -0.2) is 26.9 Å². The van der Waals surface area contributed by atoms with E-state index in [0.717, 1.165) is 0 Å². The smallest absolute Gasteiger partial charge is 0.413 e. The lowest BCUT2D eigenvalue weighted by molar-refractivity contribution is 0.0635. The largest absolute Gasteiger partial charge is 0.444 e. The van der Waals surface area contributed by atoms with Crippen molar-refractivity contribution < 1.29 is 13.9 Å². The minimum Gasteiger partial charge on any atom is -0.444 e. The van der Waals surface area contributed by atoms with E-state index in [9.17, 15) is 4.79 Å². The van der Waals surface area contributed by atoms with E-state index in [0.29, 0.717) is 17.3 Å². The molecule has 0 radical (unpaired) electrons. The number of amides is 1. The summed E-state index contributed by atoms with van der Waals surface area (Å²) in [7, 11) is 0. The number of carbonyl (C=O) groups is 1. The molecule has 8 heteroatoms. The SMILES string of the molecule is CC(C)(C)OC(=O)Nc1cc(-c2n[nH]c(=S)o2)ccn1. The van der Waals surface area contributed by atoms with Crippen LogP contribution in [0.2, 0.25) is 0 Å². The maximum Gasteiger partial charge on any atom is 0.413 e. The van der Waals surface area contributed by atoms with Gasteiger partial charge in [0, 0.05) is 11.8 Å². The van der Waals surface area contributed by atoms with Crippen molar-refractivity contribution in [2.75, 3.05) is 5.32 Å². The van der Waals surface area contributed by atoms with E-state index in [2.05, 4.69) is 20.5 Å². The van der Waals surface area contributed by atoms with E-state index in [1.807, 2.05) is 0 Å². The number of H-pyrrole nitrogens is 1. The van der Waals surface area contributed by atoms with Crippen LogP contribution in [0.3, 0.4) is 0 Å². The second kappa shape index (κ2) is 5.41. The molecule has 0 fully saturated rings. The van der Waals surface area contributed by atoms with Crippen molar-refractivity contribution in [2.45, 2.75) is 26.4 Å². The standard InChI is InChI=1S/C12H14N4O3S/c1-12(2,3)19-10(17)14-8-6-7(4-5-13-8)9-15-16-11(20)18-9/h4-6H,1-3H3,(H,16,20)(H,13,14,17). The Bertz CT molecular complexity index is 672. The number of rotatable bonds is 2. The molecule has 7 nitrogen and oxygen atoms in total. The molecule has 20 heavy (non-hydrogen) atoms. The highest BCUT2D eigenvalue weighted by atomic mass is 32.1. The molecular weight excluding hydrogens is 280 g/mol. The van der Waals surface area contributed by atoms with E-state index in [1.165, 1.54) is 6.20 Å². The maximum absolute atomic E-state index is 11.6. The van der Waals surface area contributed by atoms with Gasteiger partial charge < -0.3 is 9.15 Å². The molecule has 2 rings (SSSR count). The number of carbonyl (C=O) groups excluding carboxylic acids is 1. The monoisotopic (exact) mass is 294 g/mol. The molecule has 0 saturated heterocycles. The zero-order chi connectivity index (χ0) is 14.8. The molecule has 0 unspecified atom stereocenters. The Morgan fingerprint density at radius 2 is 2.25 bits per heavy atom. The third-order valence-electron chi connectivity index (χ3n) is 2.07. The molecule has 2 N–H and O–H groups in total. The molecule has 0 aliphatic rings. The average Bonchev–Trinajstić information content (AvgIpc) is 2.73. The molecule has 2 aromatic heterocycles. The lowest BCUT2D eigenvalue weighted by Gasteiger charge is -2.19. The Kier molecular flexibility index (Phi) is 3.84. The van der Waals surface area contributed by atoms with Gasteiger partial charge in [-0.3, -0.25) is 5.32 Å². The Balaban J connectivity index is 2.14. The lowest BCUT2D eigenvalue weighted by Crippen LogP contribution is -2.27. The molecule has 2 heterocycles. The molecule has 0 atom stereocenters. The predicted octanol–water partition coefficient (Wildman–Crippen LogP) is 3.14. The molecule has 0 saturated carbocycles. The van der Waals surface area contributed by atoms with Crippen molar-refractivity contribution in [3.8, 4) is 11.5 Å². The van der Waals surface area contributed by atoms with Gasteiger partial charge in [-0.05, 0) is 45.1 Å². The van der Waals surface area contributed by atoms with Crippen molar-refractivity contribution in [1.82, 2.24) is 15.2 Å². The second-order valence-electron chi connectivity index (χ2n) is 4.97. The van der Waals surface area contributed by atoms with Gasteiger partial charge in [-0.25, -0.2) is 14.9 Å². The van der Waals surface area contributed by atoms with Crippen molar-refractivity contribution in [1.29, 1.82) is 0 Å². The Hall–Kier alpha value is -2.22. The van der Waals surface area contributed by atoms with E-state index in [4.69, 9.17) is 21.4 Å². The summed E-state index contributed by atoms with van der Waals surface area (Å²) in [6.07, 6.45) is 0.944. The summed E-state index contributed by atoms with van der Waals surface area (Å²) in [5.74, 6) is 0.658. The molecule has 0 aromatic carbocycles. The quantitative estimate of drug-likeness (QED) is 0.826. The van der Waals surface area contributed by atoms with Gasteiger partial charge in [0.15, 0.2) is 0 Å². The highest BCUT2D eigenvalue weighted by Gasteiger charge is 2.17. The van der Waals surface area contributed by atoms with Crippen molar-refractivity contribution >= 4 is 24.1 Å². The number of anilines is 1. The van der Waals surface area contributed by atoms with Crippen LogP contribution in [-0.2, 0) is 4.74 Å². The number of nitrogens with one attached hydrogen (secondary N) is 2. The van der Waals surface area contributed by atoms with Crippen LogP contribution in [0.4, 0.5) is 10.6 Å². The lowest BCUT2D eigenvalue weighted by atomic mass is 10.2. The number of pyridine rings is 1. The fourth-order valence-electron chi connectivity index (χ4n) is 1.39. The van der Waals surface area contributed by atoms with Crippen molar-refractivity contribution in [2.24, 2.45) is 0 Å². The van der Waals surface area contributed by atoms with Gasteiger partial charge in [-0.2, -0.15) is 0 Å². The number of aromatic amines is 1. The Morgan fingerprint density at radius 1 is 1.50 bits per heavy atom. The third-order valence-corrected chi connectivity index (χ3v) is 2.25. The molecular formula is C12H14N4O3S. The summed E-state index contributed by atoms with van der Waals surface area (Å²) < 4.78 is 10.3. The number of nitrogens with zero attached hydrogens (tertiary/aromatic N) is 2. The second-order valence-corrected chi connectivity index (χ2v) is 5.35. The first-order valence-electron chi connectivity index (χ1n) is 5.85. The summed E-state index contributed by atoms with van der Waals surface area (Å²) in [5.41, 5.74) is 0.0644. The van der Waals surface area contributed by atoms with Crippen LogP contribution in [0, 0.1) is 4.84 Å². The van der Waals surface area contributed by atoms with Crippen LogP contribution in [0.5, 0.6) is 0 Å². The first-order chi connectivity index (χ1) is 9.33. The van der Waals surface area contributed by atoms with Crippen LogP contribution >= 0.6 is 12.2 Å². The molecule has 0 bridgehead atoms. The highest BCUT2D eigenvalue weighted by molar-refractivity contribution is 7.71. The summed E-state index contributed by atoms with van der Waals surface area (Å²) >= 11 is 4.81. The van der Waals surface area contributed by atoms with Crippen molar-refractivity contribution in [3.05, 3.63) is 23.2 Å². The van der Waals surface area contributed by atoms with E-state index in [-0.39, 0.29) is 4.84 Å². The predicted molar refractivity (Wildman–Crippen MR) is 74.8 cm³/mol. The zero-order valence-electron chi connectivity index (χ0n) is 11.3. The first-order valence-corrected chi connectivity index (χ1v) is 6.26. The number of hydrogen-bond acceptors (Lipinski definition) is 6. The number of hydrogen-bond donors (Lipinski definition) is 2. The zero-order valence-corrected chi connectivity index (χ0v) is 12.1. The van der Waals surface area contributed by atoms with Gasteiger partial charge in [0.2, 0.25) is 5.89 Å². The Morgan fingerprint density at radius 3 is 2.85 bits per heavy atom. The number of ether oxygens (including phenoxy) is 1. The van der Waals surface area contributed by atoms with Gasteiger partial charge in [-0.1, -0.05) is 0 Å². The molecule has 1 amide bonds. The summed E-state index contributed by atoms with van der Waals surface area (Å²) in [5, 5.41) is 8.96. The molecule has 0 aliphatic heterocycles. The van der Waals surface area contributed by atoms with E-state index >= 15 is 0 Å². The summed E-state index contributed by atoms with van der Waals surface area (Å²) in [6.45, 7) is 5.35. The van der Waals surface area contributed by atoms with Crippen LogP contribution in [0.1, 0.15) is 20.8 Å². The van der Waals surface area contributed by atoms with Gasteiger partial charge in [-0.15, -0.1) is 5.10 Å². The number of aromatic nitrogens is 3. The van der Waals surface area contributed by atoms with Crippen molar-refractivity contribution in [3.63, 3.8) is 0 Å². The molecule has 106 valence electrons. The Labute approximate surface area is 120 Å². The molecule has 0 spiro atoms. The highest BCUT2D eigenvalue weighted by Crippen LogP contribution is 2.19. The van der Waals surface area contributed by atoms with E-state index < -0.39 is 11.7 Å². The summed E-state index contributed by atoms with van der Waals surface area (Å²) in [6, 6.07) is 3.30. The maximum atomic E-state index is 11.6. The van der Waals surface area contributed by atoms with E-state index in [1.54, 1.807) is 32.9 Å². The fourth-order valence-corrected chi connectivity index (χ4v) is 1.52. The first kappa shape index (κ1) is 14.2. The van der Waals surface area contributed by atoms with Gasteiger partial charge in [0.25, 0.3) is 4.84 Å². The molecule has 0 aliphatic carbocycles. The van der Waals surface area contributed by atoms with Gasteiger partial charge >= 0.3 is 6.09 Å². The molecule has 2 aromatic rings. The minimum absolute atomic E-state index is 0.179. The fraction of sp³-hybridized carbons (Fsp3) is 0.333. The van der Waals surface area contributed by atoms with Gasteiger partial charge in [0.05, 0.1) is 0 Å². The summed E-state index contributed by atoms with van der Waals surface area (Å²) in [4.78, 5) is 15.8. The topological polar surface area (TPSA) is 93.0 Å². The van der Waals surface area contributed by atoms with Crippen LogP contribution in [0.15, 0.2) is 22.7 Å².